The average molecular weight is 397 g/mol. The molecule has 0 fully saturated rings. The third-order valence-electron chi connectivity index (χ3n) is 5.07. The Bertz CT molecular complexity index is 504. The first-order valence-electron chi connectivity index (χ1n) is 11.1. The summed E-state index contributed by atoms with van der Waals surface area (Å²) in [6.07, 6.45) is 13.5. The highest BCUT2D eigenvalue weighted by molar-refractivity contribution is 7.54. The summed E-state index contributed by atoms with van der Waals surface area (Å²) in [5.41, 5.74) is 0. The summed E-state index contributed by atoms with van der Waals surface area (Å²) in [6, 6.07) is 9.46. The van der Waals surface area contributed by atoms with E-state index in [1.807, 2.05) is 30.3 Å². The van der Waals surface area contributed by atoms with E-state index in [4.69, 9.17) is 9.05 Å². The standard InChI is InChI=1S/C23H41O3P/c1-4-7-9-10-11-12-16-20-27(24,26-23-18-14-13-15-19-23)25-21-22(6-3)17-8-5-2/h13-15,18-19,22H,4-12,16-17,20-21H2,1-3H3. The molecular weight excluding hydrogens is 355 g/mol. The molecule has 0 saturated carbocycles. The lowest BCUT2D eigenvalue weighted by Gasteiger charge is -2.22. The van der Waals surface area contributed by atoms with Crippen LogP contribution in [-0.2, 0) is 9.09 Å². The molecule has 3 nitrogen and oxygen atoms in total. The molecule has 0 aliphatic rings. The fraction of sp³-hybridized carbons (Fsp3) is 0.739. The van der Waals surface area contributed by atoms with Crippen molar-refractivity contribution in [2.24, 2.45) is 5.92 Å². The SMILES string of the molecule is CCCCCCCCCP(=O)(OCC(CC)CCCC)Oc1ccccc1. The highest BCUT2D eigenvalue weighted by Crippen LogP contribution is 2.49. The summed E-state index contributed by atoms with van der Waals surface area (Å²) >= 11 is 0. The van der Waals surface area contributed by atoms with Crippen LogP contribution < -0.4 is 4.52 Å². The van der Waals surface area contributed by atoms with Gasteiger partial charge in [-0.05, 0) is 30.9 Å². The van der Waals surface area contributed by atoms with Crippen LogP contribution in [0.4, 0.5) is 0 Å². The molecule has 27 heavy (non-hydrogen) atoms. The first-order chi connectivity index (χ1) is 13.1. The van der Waals surface area contributed by atoms with Crippen molar-refractivity contribution < 1.29 is 13.6 Å². The van der Waals surface area contributed by atoms with Crippen LogP contribution in [0, 0.1) is 5.92 Å². The van der Waals surface area contributed by atoms with Crippen LogP contribution in [0.15, 0.2) is 30.3 Å². The van der Waals surface area contributed by atoms with Crippen molar-refractivity contribution in [1.29, 1.82) is 0 Å². The smallest absolute Gasteiger partial charge is 0.379 e. The van der Waals surface area contributed by atoms with Crippen molar-refractivity contribution in [3.8, 4) is 5.75 Å². The van der Waals surface area contributed by atoms with Crippen molar-refractivity contribution in [3.05, 3.63) is 30.3 Å². The second-order valence-electron chi connectivity index (χ2n) is 7.57. The number of rotatable bonds is 17. The van der Waals surface area contributed by atoms with Gasteiger partial charge in [-0.15, -0.1) is 0 Å². The highest BCUT2D eigenvalue weighted by atomic mass is 31.2. The van der Waals surface area contributed by atoms with E-state index < -0.39 is 7.60 Å². The summed E-state index contributed by atoms with van der Waals surface area (Å²) < 4.78 is 25.2. The molecule has 1 rings (SSSR count). The highest BCUT2D eigenvalue weighted by Gasteiger charge is 2.27. The molecule has 4 heteroatoms. The zero-order chi connectivity index (χ0) is 19.8. The molecule has 0 bridgehead atoms. The van der Waals surface area contributed by atoms with Gasteiger partial charge in [-0.3, -0.25) is 4.52 Å². The maximum Gasteiger partial charge on any atom is 0.379 e. The van der Waals surface area contributed by atoms with Gasteiger partial charge in [-0.1, -0.05) is 96.8 Å². The zero-order valence-corrected chi connectivity index (χ0v) is 18.7. The van der Waals surface area contributed by atoms with E-state index in [1.165, 1.54) is 44.9 Å². The normalized spacial score (nSPS) is 14.6. The van der Waals surface area contributed by atoms with Crippen molar-refractivity contribution >= 4 is 7.60 Å². The number of hydrogen-bond acceptors (Lipinski definition) is 3. The van der Waals surface area contributed by atoms with Crippen LogP contribution in [0.2, 0.25) is 0 Å². The second kappa shape index (κ2) is 15.2. The van der Waals surface area contributed by atoms with Crippen LogP contribution in [-0.4, -0.2) is 12.8 Å². The Balaban J connectivity index is 2.53. The molecule has 0 aromatic heterocycles. The summed E-state index contributed by atoms with van der Waals surface area (Å²) in [5, 5.41) is 0. The van der Waals surface area contributed by atoms with Crippen LogP contribution in [0.3, 0.4) is 0 Å². The third kappa shape index (κ3) is 11.6. The van der Waals surface area contributed by atoms with Gasteiger partial charge >= 0.3 is 7.60 Å². The lowest BCUT2D eigenvalue weighted by molar-refractivity contribution is 0.206. The van der Waals surface area contributed by atoms with Crippen molar-refractivity contribution in [2.75, 3.05) is 12.8 Å². The average Bonchev–Trinajstić information content (AvgIpc) is 2.68. The van der Waals surface area contributed by atoms with E-state index in [0.29, 0.717) is 24.4 Å². The fourth-order valence-corrected chi connectivity index (χ4v) is 4.92. The minimum absolute atomic E-state index is 0.465. The molecule has 1 aromatic carbocycles. The monoisotopic (exact) mass is 396 g/mol. The first kappa shape index (κ1) is 24.2. The van der Waals surface area contributed by atoms with Gasteiger partial charge in [0.1, 0.15) is 5.75 Å². The van der Waals surface area contributed by atoms with Gasteiger partial charge in [-0.25, -0.2) is 4.57 Å². The Morgan fingerprint density at radius 2 is 1.48 bits per heavy atom. The molecule has 0 aliphatic heterocycles. The van der Waals surface area contributed by atoms with E-state index in [-0.39, 0.29) is 0 Å². The number of para-hydroxylation sites is 1. The van der Waals surface area contributed by atoms with Gasteiger partial charge in [0.15, 0.2) is 0 Å². The number of hydrogen-bond donors (Lipinski definition) is 0. The predicted molar refractivity (Wildman–Crippen MR) is 117 cm³/mol. The Morgan fingerprint density at radius 3 is 2.11 bits per heavy atom. The Hall–Kier alpha value is -0.790. The minimum atomic E-state index is -3.10. The molecule has 2 unspecified atom stereocenters. The van der Waals surface area contributed by atoms with Crippen molar-refractivity contribution in [2.45, 2.75) is 91.4 Å². The minimum Gasteiger partial charge on any atom is -0.424 e. The molecule has 2 atom stereocenters. The third-order valence-corrected chi connectivity index (χ3v) is 6.97. The summed E-state index contributed by atoms with van der Waals surface area (Å²) in [6.45, 7) is 7.16. The molecule has 0 N–H and O–H groups in total. The van der Waals surface area contributed by atoms with Crippen LogP contribution in [0.1, 0.15) is 91.4 Å². The quantitative estimate of drug-likeness (QED) is 0.196. The van der Waals surface area contributed by atoms with Gasteiger partial charge in [0, 0.05) is 0 Å². The molecule has 0 amide bonds. The molecule has 0 aliphatic carbocycles. The maximum absolute atomic E-state index is 13.4. The van der Waals surface area contributed by atoms with Gasteiger partial charge in [0.25, 0.3) is 0 Å². The molecule has 0 heterocycles. The summed E-state index contributed by atoms with van der Waals surface area (Å²) in [7, 11) is -3.10. The zero-order valence-electron chi connectivity index (χ0n) is 17.8. The Morgan fingerprint density at radius 1 is 0.852 bits per heavy atom. The van der Waals surface area contributed by atoms with Crippen LogP contribution >= 0.6 is 7.60 Å². The van der Waals surface area contributed by atoms with Gasteiger partial charge in [-0.2, -0.15) is 0 Å². The van der Waals surface area contributed by atoms with Crippen LogP contribution in [0.25, 0.3) is 0 Å². The van der Waals surface area contributed by atoms with E-state index in [2.05, 4.69) is 20.8 Å². The molecular formula is C23H41O3P. The second-order valence-corrected chi connectivity index (χ2v) is 9.68. The molecule has 1 aromatic rings. The summed E-state index contributed by atoms with van der Waals surface area (Å²) in [5.74, 6) is 1.11. The van der Waals surface area contributed by atoms with Gasteiger partial charge in [0.05, 0.1) is 12.8 Å². The maximum atomic E-state index is 13.4. The predicted octanol–water partition coefficient (Wildman–Crippen LogP) is 8.24. The van der Waals surface area contributed by atoms with E-state index in [1.54, 1.807) is 0 Å². The van der Waals surface area contributed by atoms with Crippen LogP contribution in [0.5, 0.6) is 5.75 Å². The largest absolute Gasteiger partial charge is 0.424 e. The van der Waals surface area contributed by atoms with Crippen molar-refractivity contribution in [3.63, 3.8) is 0 Å². The van der Waals surface area contributed by atoms with E-state index in [9.17, 15) is 4.57 Å². The van der Waals surface area contributed by atoms with E-state index >= 15 is 0 Å². The van der Waals surface area contributed by atoms with Gasteiger partial charge in [0.2, 0.25) is 0 Å². The van der Waals surface area contributed by atoms with Gasteiger partial charge < -0.3 is 4.52 Å². The fourth-order valence-electron chi connectivity index (χ4n) is 3.16. The van der Waals surface area contributed by atoms with E-state index in [0.717, 1.165) is 25.7 Å². The molecule has 0 spiro atoms. The Kier molecular flexibility index (Phi) is 13.6. The van der Waals surface area contributed by atoms with Crippen molar-refractivity contribution in [1.82, 2.24) is 0 Å². The lowest BCUT2D eigenvalue weighted by Crippen LogP contribution is -2.11. The number of benzene rings is 1. The topological polar surface area (TPSA) is 35.5 Å². The lowest BCUT2D eigenvalue weighted by atomic mass is 10.0. The summed E-state index contributed by atoms with van der Waals surface area (Å²) in [4.78, 5) is 0. The first-order valence-corrected chi connectivity index (χ1v) is 12.8. The molecule has 156 valence electrons. The molecule has 0 saturated heterocycles. The number of unbranched alkanes of at least 4 members (excludes halogenated alkanes) is 7. The Labute approximate surface area is 167 Å². The molecule has 0 radical (unpaired) electrons.